The third-order valence-electron chi connectivity index (χ3n) is 4.12. The van der Waals surface area contributed by atoms with E-state index in [0.717, 1.165) is 29.9 Å². The van der Waals surface area contributed by atoms with Gasteiger partial charge in [0.1, 0.15) is 23.0 Å². The van der Waals surface area contributed by atoms with Crippen molar-refractivity contribution in [1.29, 1.82) is 0 Å². The fraction of sp³-hybridized carbons (Fsp3) is 0.429. The van der Waals surface area contributed by atoms with Gasteiger partial charge >= 0.3 is 0 Å². The second kappa shape index (κ2) is 9.82. The highest BCUT2D eigenvalue weighted by Gasteiger charge is 2.15. The van der Waals surface area contributed by atoms with E-state index in [1.54, 1.807) is 21.3 Å². The van der Waals surface area contributed by atoms with Crippen molar-refractivity contribution in [2.75, 3.05) is 27.9 Å². The summed E-state index contributed by atoms with van der Waals surface area (Å²) >= 11 is 0. The maximum atomic E-state index is 5.81. The van der Waals surface area contributed by atoms with Crippen LogP contribution in [0.2, 0.25) is 0 Å². The van der Waals surface area contributed by atoms with Gasteiger partial charge in [0, 0.05) is 12.1 Å². The van der Waals surface area contributed by atoms with Gasteiger partial charge in [-0.15, -0.1) is 0 Å². The molecule has 0 atom stereocenters. The quantitative estimate of drug-likeness (QED) is 0.545. The Balaban J connectivity index is 2.16. The Kier molecular flexibility index (Phi) is 7.45. The molecular formula is C21H28O4. The summed E-state index contributed by atoms with van der Waals surface area (Å²) in [6.07, 6.45) is 4.81. The van der Waals surface area contributed by atoms with Gasteiger partial charge in [-0.2, -0.15) is 0 Å². The Morgan fingerprint density at radius 3 is 1.88 bits per heavy atom. The average molecular weight is 344 g/mol. The first-order chi connectivity index (χ1) is 12.2. The van der Waals surface area contributed by atoms with E-state index in [2.05, 4.69) is 6.92 Å². The van der Waals surface area contributed by atoms with Gasteiger partial charge in [-0.25, -0.2) is 0 Å². The van der Waals surface area contributed by atoms with Crippen molar-refractivity contribution in [3.05, 3.63) is 36.4 Å². The highest BCUT2D eigenvalue weighted by molar-refractivity contribution is 5.78. The molecule has 0 aliphatic heterocycles. The number of ether oxygens (including phenoxy) is 4. The molecule has 0 saturated heterocycles. The zero-order chi connectivity index (χ0) is 18.1. The van der Waals surface area contributed by atoms with Crippen molar-refractivity contribution in [2.24, 2.45) is 0 Å². The second-order valence-electron chi connectivity index (χ2n) is 5.84. The third kappa shape index (κ3) is 5.05. The molecule has 2 aromatic rings. The molecule has 4 nitrogen and oxygen atoms in total. The van der Waals surface area contributed by atoms with Crippen LogP contribution < -0.4 is 18.9 Å². The Labute approximate surface area is 150 Å². The maximum absolute atomic E-state index is 5.81. The van der Waals surface area contributed by atoms with Gasteiger partial charge < -0.3 is 18.9 Å². The largest absolute Gasteiger partial charge is 0.496 e. The summed E-state index contributed by atoms with van der Waals surface area (Å²) in [5.74, 6) is 3.00. The summed E-state index contributed by atoms with van der Waals surface area (Å²) < 4.78 is 22.2. The Morgan fingerprint density at radius 1 is 0.720 bits per heavy atom. The van der Waals surface area contributed by atoms with Gasteiger partial charge in [0.25, 0.3) is 0 Å². The molecule has 0 spiro atoms. The van der Waals surface area contributed by atoms with Crippen LogP contribution in [-0.2, 0) is 0 Å². The number of rotatable bonds is 10. The third-order valence-corrected chi connectivity index (χ3v) is 4.12. The molecule has 0 heterocycles. The number of unbranched alkanes of at least 4 members (excludes halogenated alkanes) is 3. The average Bonchev–Trinajstić information content (AvgIpc) is 2.67. The molecule has 0 amide bonds. The van der Waals surface area contributed by atoms with Gasteiger partial charge in [0.05, 0.1) is 33.5 Å². The SMILES string of the molecule is CCCCCCOc1ccc(-c2c(OC)cc(OC)cc2OC)cc1. The van der Waals surface area contributed by atoms with Crippen molar-refractivity contribution in [3.8, 4) is 34.1 Å². The molecule has 0 aliphatic carbocycles. The predicted molar refractivity (Wildman–Crippen MR) is 101 cm³/mol. The van der Waals surface area contributed by atoms with Crippen molar-refractivity contribution in [3.63, 3.8) is 0 Å². The highest BCUT2D eigenvalue weighted by Crippen LogP contribution is 2.42. The molecule has 0 radical (unpaired) electrons. The summed E-state index contributed by atoms with van der Waals surface area (Å²) in [4.78, 5) is 0. The first kappa shape index (κ1) is 19.0. The summed E-state index contributed by atoms with van der Waals surface area (Å²) in [5.41, 5.74) is 1.91. The number of methoxy groups -OCH3 is 3. The number of benzene rings is 2. The molecule has 136 valence electrons. The van der Waals surface area contributed by atoms with Crippen molar-refractivity contribution >= 4 is 0 Å². The van der Waals surface area contributed by atoms with Crippen LogP contribution >= 0.6 is 0 Å². The topological polar surface area (TPSA) is 36.9 Å². The lowest BCUT2D eigenvalue weighted by Gasteiger charge is -2.15. The fourth-order valence-electron chi connectivity index (χ4n) is 2.73. The van der Waals surface area contributed by atoms with Gasteiger partial charge in [-0.3, -0.25) is 0 Å². The Hall–Kier alpha value is -2.36. The molecule has 0 bridgehead atoms. The maximum Gasteiger partial charge on any atom is 0.134 e. The fourth-order valence-corrected chi connectivity index (χ4v) is 2.73. The zero-order valence-corrected chi connectivity index (χ0v) is 15.6. The lowest BCUT2D eigenvalue weighted by molar-refractivity contribution is 0.305. The lowest BCUT2D eigenvalue weighted by atomic mass is 10.0. The molecule has 0 unspecified atom stereocenters. The lowest BCUT2D eigenvalue weighted by Crippen LogP contribution is -1.98. The zero-order valence-electron chi connectivity index (χ0n) is 15.6. The van der Waals surface area contributed by atoms with E-state index in [-0.39, 0.29) is 0 Å². The highest BCUT2D eigenvalue weighted by atomic mass is 16.5. The molecule has 2 aromatic carbocycles. The van der Waals surface area contributed by atoms with Crippen molar-refractivity contribution in [1.82, 2.24) is 0 Å². The molecule has 0 N–H and O–H groups in total. The van der Waals surface area contributed by atoms with E-state index in [1.807, 2.05) is 36.4 Å². The van der Waals surface area contributed by atoms with E-state index >= 15 is 0 Å². The summed E-state index contributed by atoms with van der Waals surface area (Å²) in [6.45, 7) is 2.97. The van der Waals surface area contributed by atoms with Crippen LogP contribution in [0.15, 0.2) is 36.4 Å². The molecule has 0 aromatic heterocycles. The van der Waals surface area contributed by atoms with E-state index in [1.165, 1.54) is 19.3 Å². The first-order valence-electron chi connectivity index (χ1n) is 8.76. The minimum absolute atomic E-state index is 0.699. The summed E-state index contributed by atoms with van der Waals surface area (Å²) in [7, 11) is 4.91. The van der Waals surface area contributed by atoms with Crippen molar-refractivity contribution in [2.45, 2.75) is 32.6 Å². The molecule has 0 saturated carbocycles. The second-order valence-corrected chi connectivity index (χ2v) is 5.84. The monoisotopic (exact) mass is 344 g/mol. The molecule has 0 aliphatic rings. The van der Waals surface area contributed by atoms with Gasteiger partial charge in [-0.1, -0.05) is 38.3 Å². The smallest absolute Gasteiger partial charge is 0.134 e. The minimum atomic E-state index is 0.699. The first-order valence-corrected chi connectivity index (χ1v) is 8.76. The normalized spacial score (nSPS) is 10.4. The number of hydrogen-bond acceptors (Lipinski definition) is 4. The molecule has 0 fully saturated rings. The van der Waals surface area contributed by atoms with E-state index in [9.17, 15) is 0 Å². The summed E-state index contributed by atoms with van der Waals surface area (Å²) in [6, 6.07) is 11.7. The summed E-state index contributed by atoms with van der Waals surface area (Å²) in [5, 5.41) is 0. The van der Waals surface area contributed by atoms with Crippen LogP contribution in [0.5, 0.6) is 23.0 Å². The van der Waals surface area contributed by atoms with Crippen LogP contribution in [0, 0.1) is 0 Å². The van der Waals surface area contributed by atoms with Gasteiger partial charge in [-0.05, 0) is 24.1 Å². The Bertz CT molecular complexity index is 624. The van der Waals surface area contributed by atoms with E-state index in [0.29, 0.717) is 17.2 Å². The van der Waals surface area contributed by atoms with Crippen LogP contribution in [0.25, 0.3) is 11.1 Å². The number of hydrogen-bond donors (Lipinski definition) is 0. The van der Waals surface area contributed by atoms with Crippen LogP contribution in [0.3, 0.4) is 0 Å². The Morgan fingerprint density at radius 2 is 1.36 bits per heavy atom. The minimum Gasteiger partial charge on any atom is -0.496 e. The van der Waals surface area contributed by atoms with E-state index in [4.69, 9.17) is 18.9 Å². The van der Waals surface area contributed by atoms with Gasteiger partial charge in [0.15, 0.2) is 0 Å². The molecule has 4 heteroatoms. The van der Waals surface area contributed by atoms with E-state index < -0.39 is 0 Å². The molecular weight excluding hydrogens is 316 g/mol. The predicted octanol–water partition coefficient (Wildman–Crippen LogP) is 5.34. The van der Waals surface area contributed by atoms with Crippen LogP contribution in [0.1, 0.15) is 32.6 Å². The molecule has 25 heavy (non-hydrogen) atoms. The van der Waals surface area contributed by atoms with Crippen LogP contribution in [-0.4, -0.2) is 27.9 Å². The molecule has 2 rings (SSSR count). The van der Waals surface area contributed by atoms with Crippen molar-refractivity contribution < 1.29 is 18.9 Å². The van der Waals surface area contributed by atoms with Crippen LogP contribution in [0.4, 0.5) is 0 Å². The van der Waals surface area contributed by atoms with Gasteiger partial charge in [0.2, 0.25) is 0 Å². The standard InChI is InChI=1S/C21H28O4/c1-5-6-7-8-13-25-17-11-9-16(10-12-17)21-19(23-3)14-18(22-2)15-20(21)24-4/h9-12,14-15H,5-8,13H2,1-4H3.